The SMILES string of the molecule is CCOC(=O)c1cc(OS(=O)(=O)C(F)(F)F)c2c(C3CCC3)nn(Cc3ccc(OC)cc3OC)c2n1. The lowest BCUT2D eigenvalue weighted by Crippen LogP contribution is -2.28. The Morgan fingerprint density at radius 1 is 1.14 bits per heavy atom. The zero-order chi connectivity index (χ0) is 27.0. The number of benzene rings is 1. The fraction of sp³-hybridized carbons (Fsp3) is 0.435. The van der Waals surface area contributed by atoms with Crippen LogP contribution in [0.1, 0.15) is 53.8 Å². The molecule has 0 aliphatic heterocycles. The highest BCUT2D eigenvalue weighted by atomic mass is 32.2. The normalized spacial score (nSPS) is 14.3. The number of alkyl halides is 3. The number of pyridine rings is 1. The van der Waals surface area contributed by atoms with Crippen molar-refractivity contribution in [2.75, 3.05) is 20.8 Å². The number of carbonyl (C=O) groups is 1. The minimum absolute atomic E-state index is 0.0157. The lowest BCUT2D eigenvalue weighted by molar-refractivity contribution is -0.0499. The van der Waals surface area contributed by atoms with E-state index in [1.165, 1.54) is 25.8 Å². The maximum atomic E-state index is 13.2. The number of rotatable bonds is 9. The highest BCUT2D eigenvalue weighted by Crippen LogP contribution is 2.43. The van der Waals surface area contributed by atoms with Crippen LogP contribution in [0.2, 0.25) is 0 Å². The second-order valence-electron chi connectivity index (χ2n) is 8.26. The van der Waals surface area contributed by atoms with Crippen molar-refractivity contribution in [2.45, 2.75) is 44.2 Å². The number of aromatic nitrogens is 3. The van der Waals surface area contributed by atoms with Crippen LogP contribution in [0, 0.1) is 0 Å². The van der Waals surface area contributed by atoms with Crippen molar-refractivity contribution in [2.24, 2.45) is 0 Å². The Hall–Kier alpha value is -3.55. The van der Waals surface area contributed by atoms with Gasteiger partial charge in [-0.05, 0) is 31.9 Å². The molecule has 0 N–H and O–H groups in total. The third kappa shape index (κ3) is 5.15. The molecule has 0 saturated heterocycles. The summed E-state index contributed by atoms with van der Waals surface area (Å²) in [6, 6.07) is 5.90. The van der Waals surface area contributed by atoms with E-state index < -0.39 is 33.0 Å². The third-order valence-electron chi connectivity index (χ3n) is 5.97. The van der Waals surface area contributed by atoms with Gasteiger partial charge in [-0.15, -0.1) is 0 Å². The van der Waals surface area contributed by atoms with Crippen LogP contribution in [0.15, 0.2) is 24.3 Å². The summed E-state index contributed by atoms with van der Waals surface area (Å²) in [5, 5.41) is 4.57. The van der Waals surface area contributed by atoms with Crippen molar-refractivity contribution in [3.63, 3.8) is 0 Å². The van der Waals surface area contributed by atoms with Crippen molar-refractivity contribution in [3.8, 4) is 17.2 Å². The number of nitrogens with zero attached hydrogens (tertiary/aromatic N) is 3. The number of methoxy groups -OCH3 is 2. The monoisotopic (exact) mass is 543 g/mol. The highest BCUT2D eigenvalue weighted by Gasteiger charge is 2.49. The molecular weight excluding hydrogens is 519 g/mol. The third-order valence-corrected chi connectivity index (χ3v) is 6.93. The zero-order valence-electron chi connectivity index (χ0n) is 20.2. The Morgan fingerprint density at radius 2 is 1.86 bits per heavy atom. The quantitative estimate of drug-likeness (QED) is 0.223. The first-order valence-corrected chi connectivity index (χ1v) is 12.7. The number of hydrogen-bond donors (Lipinski definition) is 0. The first-order valence-electron chi connectivity index (χ1n) is 11.3. The summed E-state index contributed by atoms with van der Waals surface area (Å²) >= 11 is 0. The molecule has 1 aliphatic rings. The standard InChI is InChI=1S/C23H24F3N3O7S/c1-4-35-22(30)16-11-18(36-37(31,32)23(24,25)26)19-20(13-6-5-7-13)28-29(21(19)27-16)12-14-8-9-15(33-2)10-17(14)34-3/h8-11,13H,4-7,12H2,1-3H3. The Morgan fingerprint density at radius 3 is 2.43 bits per heavy atom. The van der Waals surface area contributed by atoms with Crippen molar-refractivity contribution >= 4 is 27.1 Å². The number of hydrogen-bond acceptors (Lipinski definition) is 9. The predicted octanol–water partition coefficient (Wildman–Crippen LogP) is 4.17. The number of carbonyl (C=O) groups excluding carboxylic acids is 1. The van der Waals surface area contributed by atoms with Crippen LogP contribution in [-0.2, 0) is 21.4 Å². The molecule has 0 spiro atoms. The minimum Gasteiger partial charge on any atom is -0.497 e. The lowest BCUT2D eigenvalue weighted by atomic mass is 9.82. The van der Waals surface area contributed by atoms with Crippen LogP contribution >= 0.6 is 0 Å². The van der Waals surface area contributed by atoms with Gasteiger partial charge in [0.2, 0.25) is 0 Å². The molecule has 0 unspecified atom stereocenters. The van der Waals surface area contributed by atoms with Crippen LogP contribution < -0.4 is 13.7 Å². The van der Waals surface area contributed by atoms with Gasteiger partial charge in [-0.25, -0.2) is 14.5 Å². The van der Waals surface area contributed by atoms with E-state index in [9.17, 15) is 26.4 Å². The second-order valence-corrected chi connectivity index (χ2v) is 9.79. The molecule has 4 rings (SSSR count). The summed E-state index contributed by atoms with van der Waals surface area (Å²) in [4.78, 5) is 16.8. The van der Waals surface area contributed by atoms with Crippen molar-refractivity contribution < 1.29 is 44.8 Å². The minimum atomic E-state index is -6.05. The average Bonchev–Trinajstić information content (AvgIpc) is 3.15. The van der Waals surface area contributed by atoms with Crippen molar-refractivity contribution in [1.29, 1.82) is 0 Å². The predicted molar refractivity (Wildman–Crippen MR) is 124 cm³/mol. The Balaban J connectivity index is 1.94. The topological polar surface area (TPSA) is 119 Å². The van der Waals surface area contributed by atoms with Gasteiger partial charge in [0.15, 0.2) is 17.1 Å². The summed E-state index contributed by atoms with van der Waals surface area (Å²) in [5.74, 6) is -0.811. The highest BCUT2D eigenvalue weighted by molar-refractivity contribution is 7.88. The van der Waals surface area contributed by atoms with Gasteiger partial charge in [0.25, 0.3) is 0 Å². The van der Waals surface area contributed by atoms with Crippen LogP contribution in [-0.4, -0.2) is 55.5 Å². The smallest absolute Gasteiger partial charge is 0.497 e. The molecule has 37 heavy (non-hydrogen) atoms. The van der Waals surface area contributed by atoms with E-state index >= 15 is 0 Å². The van der Waals surface area contributed by atoms with Crippen LogP contribution in [0.5, 0.6) is 17.2 Å². The summed E-state index contributed by atoms with van der Waals surface area (Å²) in [5.41, 5.74) is -5.18. The Kier molecular flexibility index (Phi) is 7.22. The molecule has 0 atom stereocenters. The maximum absolute atomic E-state index is 13.2. The fourth-order valence-corrected chi connectivity index (χ4v) is 4.39. The number of ether oxygens (including phenoxy) is 3. The molecule has 0 amide bonds. The van der Waals surface area contributed by atoms with Gasteiger partial charge in [0.05, 0.1) is 38.5 Å². The molecule has 200 valence electrons. The maximum Gasteiger partial charge on any atom is 0.534 e. The van der Waals surface area contributed by atoms with E-state index in [-0.39, 0.29) is 30.1 Å². The van der Waals surface area contributed by atoms with E-state index in [0.29, 0.717) is 35.6 Å². The largest absolute Gasteiger partial charge is 0.534 e. The van der Waals surface area contributed by atoms with Gasteiger partial charge in [-0.3, -0.25) is 0 Å². The Labute approximate surface area is 210 Å². The molecule has 2 heterocycles. The van der Waals surface area contributed by atoms with Crippen molar-refractivity contribution in [1.82, 2.24) is 14.8 Å². The van der Waals surface area contributed by atoms with Crippen LogP contribution in [0.3, 0.4) is 0 Å². The van der Waals surface area contributed by atoms with Crippen molar-refractivity contribution in [3.05, 3.63) is 41.2 Å². The Bertz CT molecular complexity index is 1430. The molecule has 0 radical (unpaired) electrons. The van der Waals surface area contributed by atoms with Gasteiger partial charge >= 0.3 is 21.6 Å². The van der Waals surface area contributed by atoms with Crippen LogP contribution in [0.4, 0.5) is 13.2 Å². The summed E-state index contributed by atoms with van der Waals surface area (Å²) in [7, 11) is -3.09. The molecule has 1 fully saturated rings. The van der Waals surface area contributed by atoms with E-state index in [4.69, 9.17) is 14.2 Å². The molecule has 1 aliphatic carbocycles. The number of halogens is 3. The average molecular weight is 544 g/mol. The first kappa shape index (κ1) is 26.5. The summed E-state index contributed by atoms with van der Waals surface area (Å²) in [6.07, 6.45) is 2.27. The van der Waals surface area contributed by atoms with Crippen LogP contribution in [0.25, 0.3) is 11.0 Å². The van der Waals surface area contributed by atoms with E-state index in [1.54, 1.807) is 18.2 Å². The zero-order valence-corrected chi connectivity index (χ0v) is 21.0. The molecule has 14 heteroatoms. The summed E-state index contributed by atoms with van der Waals surface area (Å²) < 4.78 is 85.0. The number of fused-ring (bicyclic) bond motifs is 1. The summed E-state index contributed by atoms with van der Waals surface area (Å²) in [6.45, 7) is 1.54. The molecular formula is C23H24F3N3O7S. The molecule has 10 nitrogen and oxygen atoms in total. The number of esters is 1. The van der Waals surface area contributed by atoms with Gasteiger partial charge < -0.3 is 18.4 Å². The molecule has 1 aromatic carbocycles. The molecule has 1 saturated carbocycles. The molecule has 2 aromatic heterocycles. The molecule has 3 aromatic rings. The lowest BCUT2D eigenvalue weighted by Gasteiger charge is -2.24. The van der Waals surface area contributed by atoms with Gasteiger partial charge in [-0.1, -0.05) is 6.42 Å². The van der Waals surface area contributed by atoms with Gasteiger partial charge in [0.1, 0.15) is 11.5 Å². The van der Waals surface area contributed by atoms with Gasteiger partial charge in [-0.2, -0.15) is 26.7 Å². The van der Waals surface area contributed by atoms with Gasteiger partial charge in [0, 0.05) is 23.6 Å². The van der Waals surface area contributed by atoms with E-state index in [2.05, 4.69) is 14.3 Å². The van der Waals surface area contributed by atoms with E-state index in [0.717, 1.165) is 12.5 Å². The second kappa shape index (κ2) is 10.1. The fourth-order valence-electron chi connectivity index (χ4n) is 3.93. The van der Waals surface area contributed by atoms with E-state index in [1.807, 2.05) is 0 Å². The molecule has 0 bridgehead atoms. The first-order chi connectivity index (χ1) is 17.5.